The molecule has 0 heterocycles. The summed E-state index contributed by atoms with van der Waals surface area (Å²) in [5.41, 5.74) is 0.581. The zero-order chi connectivity index (χ0) is 12.8. The Morgan fingerprint density at radius 2 is 1.76 bits per heavy atom. The van der Waals surface area contributed by atoms with Crippen LogP contribution in [0.1, 0.15) is 24.2 Å². The van der Waals surface area contributed by atoms with Gasteiger partial charge in [-0.2, -0.15) is 0 Å². The van der Waals surface area contributed by atoms with Crippen molar-refractivity contribution in [3.05, 3.63) is 35.9 Å². The van der Waals surface area contributed by atoms with Crippen molar-refractivity contribution >= 4 is 29.1 Å². The quantitative estimate of drug-likeness (QED) is 0.640. The number of carbonyl (C=O) groups is 1. The Labute approximate surface area is 111 Å². The Hall–Kier alpha value is -0.770. The van der Waals surface area contributed by atoms with Crippen LogP contribution in [-0.4, -0.2) is 23.0 Å². The molecule has 0 aliphatic rings. The molecule has 1 rings (SSSR count). The molecule has 0 aliphatic carbocycles. The predicted molar refractivity (Wildman–Crippen MR) is 71.5 cm³/mol. The van der Waals surface area contributed by atoms with Crippen molar-refractivity contribution in [3.63, 3.8) is 0 Å². The molecular weight excluding hydrogens is 259 g/mol. The van der Waals surface area contributed by atoms with Crippen molar-refractivity contribution in [3.8, 4) is 0 Å². The van der Waals surface area contributed by atoms with Gasteiger partial charge >= 0.3 is 0 Å². The van der Waals surface area contributed by atoms with Crippen molar-refractivity contribution in [2.24, 2.45) is 0 Å². The molecule has 17 heavy (non-hydrogen) atoms. The van der Waals surface area contributed by atoms with Crippen LogP contribution in [0.25, 0.3) is 0 Å². The number of amides is 1. The van der Waals surface area contributed by atoms with Gasteiger partial charge in [0.05, 0.1) is 0 Å². The van der Waals surface area contributed by atoms with Crippen LogP contribution < -0.4 is 10.6 Å². The fourth-order valence-corrected chi connectivity index (χ4v) is 1.62. The van der Waals surface area contributed by atoms with Gasteiger partial charge in [0.25, 0.3) is 5.91 Å². The van der Waals surface area contributed by atoms with E-state index in [0.29, 0.717) is 5.56 Å². The van der Waals surface area contributed by atoms with Crippen LogP contribution in [0, 0.1) is 0 Å². The first kappa shape index (κ1) is 14.3. The minimum atomic E-state index is -0.704. The molecule has 0 aromatic heterocycles. The van der Waals surface area contributed by atoms with E-state index in [2.05, 4.69) is 10.6 Å². The molecule has 5 heteroatoms. The summed E-state index contributed by atoms with van der Waals surface area (Å²) in [5.74, 6) is -0.199. The summed E-state index contributed by atoms with van der Waals surface area (Å²) in [4.78, 5) is 11.2. The minimum Gasteiger partial charge on any atom is -0.334 e. The van der Waals surface area contributed by atoms with Crippen LogP contribution in [0.15, 0.2) is 30.3 Å². The molecule has 2 N–H and O–H groups in total. The summed E-state index contributed by atoms with van der Waals surface area (Å²) < 4.78 is 0. The summed E-state index contributed by atoms with van der Waals surface area (Å²) >= 11 is 11.6. The summed E-state index contributed by atoms with van der Waals surface area (Å²) in [6.45, 7) is 3.91. The van der Waals surface area contributed by atoms with Gasteiger partial charge < -0.3 is 5.32 Å². The second-order valence-corrected chi connectivity index (χ2v) is 5.14. The molecule has 1 unspecified atom stereocenters. The predicted octanol–water partition coefficient (Wildman–Crippen LogP) is 2.54. The number of nitrogens with one attached hydrogen (secondary N) is 2. The van der Waals surface area contributed by atoms with Gasteiger partial charge in [-0.05, 0) is 26.0 Å². The number of hydrogen-bond acceptors (Lipinski definition) is 2. The van der Waals surface area contributed by atoms with Crippen LogP contribution in [0.3, 0.4) is 0 Å². The molecule has 3 nitrogen and oxygen atoms in total. The molecule has 1 amide bonds. The molecule has 1 atom stereocenters. The van der Waals surface area contributed by atoms with Gasteiger partial charge in [0.15, 0.2) is 0 Å². The first-order valence-corrected chi connectivity index (χ1v) is 6.28. The van der Waals surface area contributed by atoms with Crippen LogP contribution in [0.5, 0.6) is 0 Å². The lowest BCUT2D eigenvalue weighted by molar-refractivity contribution is 0.0930. The zero-order valence-electron chi connectivity index (χ0n) is 9.78. The van der Waals surface area contributed by atoms with E-state index in [1.807, 2.05) is 19.9 Å². The van der Waals surface area contributed by atoms with Crippen molar-refractivity contribution < 1.29 is 4.79 Å². The van der Waals surface area contributed by atoms with Crippen molar-refractivity contribution in [2.75, 3.05) is 0 Å². The van der Waals surface area contributed by atoms with Gasteiger partial charge in [0.1, 0.15) is 11.0 Å². The average Bonchev–Trinajstić information content (AvgIpc) is 2.28. The van der Waals surface area contributed by atoms with E-state index >= 15 is 0 Å². The Kier molecular flexibility index (Phi) is 5.75. The largest absolute Gasteiger partial charge is 0.334 e. The lowest BCUT2D eigenvalue weighted by Crippen LogP contribution is -2.51. The van der Waals surface area contributed by atoms with E-state index in [4.69, 9.17) is 23.2 Å². The number of hydrogen-bond donors (Lipinski definition) is 2. The number of carbonyl (C=O) groups excluding carboxylic acids is 1. The Balaban J connectivity index is 2.65. The molecule has 0 spiro atoms. The molecule has 0 aliphatic heterocycles. The van der Waals surface area contributed by atoms with E-state index in [0.717, 1.165) is 0 Å². The molecule has 94 valence electrons. The molecular formula is C12H16Cl2N2O. The number of alkyl halides is 2. The highest BCUT2D eigenvalue weighted by molar-refractivity contribution is 6.44. The van der Waals surface area contributed by atoms with Crippen molar-refractivity contribution in [2.45, 2.75) is 30.9 Å². The standard InChI is InChI=1S/C12H16Cl2N2O/c1-8(2)15-11(10(13)14)16-12(17)9-6-4-3-5-7-9/h3-8,10-11,15H,1-2H3,(H,16,17). The zero-order valence-corrected chi connectivity index (χ0v) is 11.3. The van der Waals surface area contributed by atoms with E-state index in [1.165, 1.54) is 0 Å². The second-order valence-electron chi connectivity index (χ2n) is 3.97. The van der Waals surface area contributed by atoms with Gasteiger partial charge in [-0.25, -0.2) is 0 Å². The first-order valence-electron chi connectivity index (χ1n) is 5.41. The van der Waals surface area contributed by atoms with Gasteiger partial charge in [-0.1, -0.05) is 18.2 Å². The monoisotopic (exact) mass is 274 g/mol. The van der Waals surface area contributed by atoms with E-state index in [9.17, 15) is 4.79 Å². The van der Waals surface area contributed by atoms with Crippen LogP contribution in [-0.2, 0) is 0 Å². The summed E-state index contributed by atoms with van der Waals surface area (Å²) in [7, 11) is 0. The highest BCUT2D eigenvalue weighted by Gasteiger charge is 2.20. The Morgan fingerprint density at radius 3 is 2.24 bits per heavy atom. The highest BCUT2D eigenvalue weighted by atomic mass is 35.5. The molecule has 0 radical (unpaired) electrons. The summed E-state index contributed by atoms with van der Waals surface area (Å²) in [6, 6.07) is 9.11. The SMILES string of the molecule is CC(C)NC(NC(=O)c1ccccc1)C(Cl)Cl. The van der Waals surface area contributed by atoms with E-state index in [1.54, 1.807) is 24.3 Å². The number of halogens is 2. The first-order chi connectivity index (χ1) is 8.00. The molecule has 0 saturated carbocycles. The van der Waals surface area contributed by atoms with E-state index in [-0.39, 0.29) is 11.9 Å². The smallest absolute Gasteiger partial charge is 0.252 e. The average molecular weight is 275 g/mol. The lowest BCUT2D eigenvalue weighted by Gasteiger charge is -2.23. The number of rotatable bonds is 5. The third-order valence-corrected chi connectivity index (χ3v) is 2.59. The van der Waals surface area contributed by atoms with Crippen LogP contribution in [0.4, 0.5) is 0 Å². The fraction of sp³-hybridized carbons (Fsp3) is 0.417. The summed E-state index contributed by atoms with van der Waals surface area (Å²) in [5, 5.41) is 5.83. The van der Waals surface area contributed by atoms with Crippen molar-refractivity contribution in [1.29, 1.82) is 0 Å². The maximum absolute atomic E-state index is 11.9. The van der Waals surface area contributed by atoms with Crippen molar-refractivity contribution in [1.82, 2.24) is 10.6 Å². The third-order valence-electron chi connectivity index (χ3n) is 2.09. The van der Waals surface area contributed by atoms with Gasteiger partial charge in [0, 0.05) is 11.6 Å². The highest BCUT2D eigenvalue weighted by Crippen LogP contribution is 2.08. The molecule has 1 aromatic rings. The molecule has 0 bridgehead atoms. The second kappa shape index (κ2) is 6.84. The normalized spacial score (nSPS) is 12.8. The summed E-state index contributed by atoms with van der Waals surface area (Å²) in [6.07, 6.45) is -0.467. The topological polar surface area (TPSA) is 41.1 Å². The molecule has 0 fully saturated rings. The van der Waals surface area contributed by atoms with Crippen LogP contribution >= 0.6 is 23.2 Å². The third kappa shape index (κ3) is 4.94. The fourth-order valence-electron chi connectivity index (χ4n) is 1.35. The molecule has 0 saturated heterocycles. The Morgan fingerprint density at radius 1 is 1.18 bits per heavy atom. The minimum absolute atomic E-state index is 0.177. The molecule has 1 aromatic carbocycles. The lowest BCUT2D eigenvalue weighted by atomic mass is 10.2. The Bertz CT molecular complexity index is 355. The van der Waals surface area contributed by atoms with E-state index < -0.39 is 11.0 Å². The maximum Gasteiger partial charge on any atom is 0.252 e. The van der Waals surface area contributed by atoms with Crippen LogP contribution in [0.2, 0.25) is 0 Å². The van der Waals surface area contributed by atoms with Gasteiger partial charge in [-0.15, -0.1) is 23.2 Å². The van der Waals surface area contributed by atoms with Gasteiger partial charge in [-0.3, -0.25) is 10.1 Å². The number of benzene rings is 1. The maximum atomic E-state index is 11.9. The van der Waals surface area contributed by atoms with Gasteiger partial charge in [0.2, 0.25) is 0 Å².